The van der Waals surface area contributed by atoms with Crippen LogP contribution in [0.15, 0.2) is 6.07 Å². The number of carbonyl (C=O) groups is 1. The van der Waals surface area contributed by atoms with Gasteiger partial charge in [0.05, 0.1) is 13.2 Å². The summed E-state index contributed by atoms with van der Waals surface area (Å²) in [5.41, 5.74) is 0.227. The van der Waals surface area contributed by atoms with Gasteiger partial charge in [-0.1, -0.05) is 0 Å². The first-order chi connectivity index (χ1) is 10.2. The molecule has 0 saturated carbocycles. The minimum Gasteiger partial charge on any atom is -0.507 e. The second-order valence-electron chi connectivity index (χ2n) is 6.25. The van der Waals surface area contributed by atoms with Crippen LogP contribution in [0, 0.1) is 5.82 Å². The fraction of sp³-hybridized carbons (Fsp3) is 0.562. The highest BCUT2D eigenvalue weighted by Gasteiger charge is 2.30. The van der Waals surface area contributed by atoms with Gasteiger partial charge >= 0.3 is 6.09 Å². The van der Waals surface area contributed by atoms with Gasteiger partial charge in [-0.25, -0.2) is 9.18 Å². The fourth-order valence-corrected chi connectivity index (χ4v) is 2.41. The number of benzene rings is 1. The normalized spacial score (nSPS) is 14.5. The Bertz CT molecular complexity index is 580. The molecule has 0 bridgehead atoms. The smallest absolute Gasteiger partial charge is 0.410 e. The number of phenols is 1. The van der Waals surface area contributed by atoms with E-state index in [4.69, 9.17) is 9.47 Å². The second-order valence-corrected chi connectivity index (χ2v) is 6.25. The molecule has 1 aromatic carbocycles. The Morgan fingerprint density at radius 3 is 2.68 bits per heavy atom. The highest BCUT2D eigenvalue weighted by Crippen LogP contribution is 2.35. The van der Waals surface area contributed by atoms with Crippen LogP contribution in [0.5, 0.6) is 11.5 Å². The van der Waals surface area contributed by atoms with Crippen LogP contribution < -0.4 is 4.74 Å². The summed E-state index contributed by atoms with van der Waals surface area (Å²) in [6.45, 7) is 7.89. The number of halogens is 1. The third kappa shape index (κ3) is 3.43. The molecule has 2 rings (SSSR count). The molecule has 5 nitrogen and oxygen atoms in total. The summed E-state index contributed by atoms with van der Waals surface area (Å²) in [6, 6.07) is 1.26. The quantitative estimate of drug-likeness (QED) is 0.911. The molecule has 0 spiro atoms. The van der Waals surface area contributed by atoms with Crippen molar-refractivity contribution in [1.29, 1.82) is 0 Å². The molecule has 0 fully saturated rings. The Hall–Kier alpha value is -1.98. The first-order valence-corrected chi connectivity index (χ1v) is 7.37. The van der Waals surface area contributed by atoms with E-state index >= 15 is 0 Å². The van der Waals surface area contributed by atoms with Gasteiger partial charge in [0.15, 0.2) is 11.6 Å². The maximum atomic E-state index is 14.3. The SMILES string of the molecule is CCOc1cc(O)c2c(c1F)CCN(C(=O)OC(C)(C)C)C2. The molecule has 0 unspecified atom stereocenters. The molecule has 0 aromatic heterocycles. The number of nitrogens with zero attached hydrogens (tertiary/aromatic N) is 1. The lowest BCUT2D eigenvalue weighted by Crippen LogP contribution is -2.40. The molecule has 1 aromatic rings. The number of hydrogen-bond acceptors (Lipinski definition) is 4. The van der Waals surface area contributed by atoms with Crippen LogP contribution >= 0.6 is 0 Å². The standard InChI is InChI=1S/C16H22FNO4/c1-5-21-13-8-12(19)11-9-18(7-6-10(11)14(13)17)15(20)22-16(2,3)4/h8,19H,5-7,9H2,1-4H3. The summed E-state index contributed by atoms with van der Waals surface area (Å²) in [5, 5.41) is 10.1. The summed E-state index contributed by atoms with van der Waals surface area (Å²) >= 11 is 0. The molecule has 0 radical (unpaired) electrons. The highest BCUT2D eigenvalue weighted by atomic mass is 19.1. The van der Waals surface area contributed by atoms with Crippen LogP contribution in [0.2, 0.25) is 0 Å². The van der Waals surface area contributed by atoms with Gasteiger partial charge in [-0.3, -0.25) is 0 Å². The molecule has 0 saturated heterocycles. The number of aromatic hydroxyl groups is 1. The number of carbonyl (C=O) groups excluding carboxylic acids is 1. The fourth-order valence-electron chi connectivity index (χ4n) is 2.41. The van der Waals surface area contributed by atoms with Gasteiger partial charge in [0.2, 0.25) is 0 Å². The van der Waals surface area contributed by atoms with Crippen LogP contribution in [0.3, 0.4) is 0 Å². The summed E-state index contributed by atoms with van der Waals surface area (Å²) in [5.74, 6) is -0.476. The van der Waals surface area contributed by atoms with Crippen molar-refractivity contribution in [2.75, 3.05) is 13.2 Å². The van der Waals surface area contributed by atoms with Crippen molar-refractivity contribution in [3.8, 4) is 11.5 Å². The molecule has 0 atom stereocenters. The van der Waals surface area contributed by atoms with Gasteiger partial charge in [0, 0.05) is 23.7 Å². The first kappa shape index (κ1) is 16.4. The van der Waals surface area contributed by atoms with Crippen LogP contribution in [-0.4, -0.2) is 34.9 Å². The average Bonchev–Trinajstić information content (AvgIpc) is 2.42. The van der Waals surface area contributed by atoms with Crippen LogP contribution in [-0.2, 0) is 17.7 Å². The Morgan fingerprint density at radius 1 is 1.41 bits per heavy atom. The third-order valence-corrected chi connectivity index (χ3v) is 3.35. The maximum absolute atomic E-state index is 14.3. The van der Waals surface area contributed by atoms with Crippen molar-refractivity contribution in [2.45, 2.75) is 46.3 Å². The highest BCUT2D eigenvalue weighted by molar-refractivity contribution is 5.69. The van der Waals surface area contributed by atoms with Crippen molar-refractivity contribution in [2.24, 2.45) is 0 Å². The monoisotopic (exact) mass is 311 g/mol. The molecular formula is C16H22FNO4. The number of amides is 1. The van der Waals surface area contributed by atoms with Gasteiger partial charge in [-0.05, 0) is 34.1 Å². The Labute approximate surface area is 129 Å². The Kier molecular flexibility index (Phi) is 4.49. The lowest BCUT2D eigenvalue weighted by atomic mass is 9.97. The average molecular weight is 311 g/mol. The number of rotatable bonds is 2. The minimum atomic E-state index is -0.594. The number of phenolic OH excluding ortho intramolecular Hbond substituents is 1. The van der Waals surface area contributed by atoms with Crippen LogP contribution in [0.4, 0.5) is 9.18 Å². The van der Waals surface area contributed by atoms with E-state index in [1.165, 1.54) is 11.0 Å². The third-order valence-electron chi connectivity index (χ3n) is 3.35. The van der Waals surface area contributed by atoms with E-state index in [-0.39, 0.29) is 18.0 Å². The number of hydrogen-bond donors (Lipinski definition) is 1. The molecule has 6 heteroatoms. The predicted molar refractivity (Wildman–Crippen MR) is 79.6 cm³/mol. The Balaban J connectivity index is 2.24. The topological polar surface area (TPSA) is 59.0 Å². The second kappa shape index (κ2) is 6.02. The molecular weight excluding hydrogens is 289 g/mol. The lowest BCUT2D eigenvalue weighted by molar-refractivity contribution is 0.0221. The van der Waals surface area contributed by atoms with Crippen molar-refractivity contribution in [1.82, 2.24) is 4.90 Å². The molecule has 122 valence electrons. The van der Waals surface area contributed by atoms with Gasteiger partial charge in [0.1, 0.15) is 11.4 Å². The molecule has 22 heavy (non-hydrogen) atoms. The minimum absolute atomic E-state index is 0.0458. The summed E-state index contributed by atoms with van der Waals surface area (Å²) in [4.78, 5) is 13.6. The number of fused-ring (bicyclic) bond motifs is 1. The van der Waals surface area contributed by atoms with E-state index in [1.807, 2.05) is 0 Å². The van der Waals surface area contributed by atoms with E-state index in [1.54, 1.807) is 27.7 Å². The van der Waals surface area contributed by atoms with Gasteiger partial charge in [0.25, 0.3) is 0 Å². The molecule has 1 amide bonds. The van der Waals surface area contributed by atoms with Crippen molar-refractivity contribution in [3.63, 3.8) is 0 Å². The predicted octanol–water partition coefficient (Wildman–Crippen LogP) is 3.22. The number of ether oxygens (including phenoxy) is 2. The van der Waals surface area contributed by atoms with E-state index in [2.05, 4.69) is 0 Å². The van der Waals surface area contributed by atoms with Crippen molar-refractivity contribution in [3.05, 3.63) is 23.0 Å². The molecule has 1 aliphatic heterocycles. The molecule has 0 aliphatic carbocycles. The van der Waals surface area contributed by atoms with E-state index in [0.29, 0.717) is 30.7 Å². The zero-order chi connectivity index (χ0) is 16.5. The van der Waals surface area contributed by atoms with Crippen molar-refractivity contribution < 1.29 is 23.8 Å². The van der Waals surface area contributed by atoms with Crippen LogP contribution in [0.25, 0.3) is 0 Å². The maximum Gasteiger partial charge on any atom is 0.410 e. The largest absolute Gasteiger partial charge is 0.507 e. The van der Waals surface area contributed by atoms with Crippen molar-refractivity contribution >= 4 is 6.09 Å². The van der Waals surface area contributed by atoms with Crippen LogP contribution in [0.1, 0.15) is 38.8 Å². The van der Waals surface area contributed by atoms with Gasteiger partial charge in [-0.2, -0.15) is 0 Å². The zero-order valence-corrected chi connectivity index (χ0v) is 13.4. The molecule has 1 aliphatic rings. The first-order valence-electron chi connectivity index (χ1n) is 7.37. The summed E-state index contributed by atoms with van der Waals surface area (Å²) in [7, 11) is 0. The zero-order valence-electron chi connectivity index (χ0n) is 13.4. The van der Waals surface area contributed by atoms with E-state index in [0.717, 1.165) is 0 Å². The van der Waals surface area contributed by atoms with E-state index in [9.17, 15) is 14.3 Å². The summed E-state index contributed by atoms with van der Waals surface area (Å²) < 4.78 is 24.8. The van der Waals surface area contributed by atoms with Gasteiger partial charge in [-0.15, -0.1) is 0 Å². The summed E-state index contributed by atoms with van der Waals surface area (Å²) in [6.07, 6.45) is -0.152. The lowest BCUT2D eigenvalue weighted by Gasteiger charge is -2.31. The van der Waals surface area contributed by atoms with E-state index < -0.39 is 17.5 Å². The van der Waals surface area contributed by atoms with Gasteiger partial charge < -0.3 is 19.5 Å². The molecule has 1 heterocycles. The molecule has 1 N–H and O–H groups in total. The Morgan fingerprint density at radius 2 is 2.09 bits per heavy atom.